The van der Waals surface area contributed by atoms with Gasteiger partial charge in [0.2, 0.25) is 5.75 Å². The molecule has 1 heterocycles. The fraction of sp³-hybridized carbons (Fsp3) is 0.0952. The number of carbonyl (C=O) groups is 1. The molecule has 0 unspecified atom stereocenters. The number of hydrogen-bond acceptors (Lipinski definition) is 5. The van der Waals surface area contributed by atoms with Crippen molar-refractivity contribution in [3.8, 4) is 17.2 Å². The number of phenols is 1. The molecule has 4 rings (SSSR count). The number of methoxy groups -OCH3 is 1. The molecule has 3 aromatic carbocycles. The van der Waals surface area contributed by atoms with E-state index < -0.39 is 11.8 Å². The summed E-state index contributed by atoms with van der Waals surface area (Å²) in [6.07, 6.45) is 0. The van der Waals surface area contributed by atoms with Gasteiger partial charge in [-0.15, -0.1) is 0 Å². The van der Waals surface area contributed by atoms with Crippen LogP contribution in [0.1, 0.15) is 21.5 Å². The molecule has 0 amide bonds. The van der Waals surface area contributed by atoms with Crippen LogP contribution in [0.3, 0.4) is 0 Å². The van der Waals surface area contributed by atoms with E-state index in [0.29, 0.717) is 0 Å². The maximum Gasteiger partial charge on any atom is 0.339 e. The lowest BCUT2D eigenvalue weighted by atomic mass is 9.97. The second-order valence-corrected chi connectivity index (χ2v) is 6.75. The third-order valence-electron chi connectivity index (χ3n) is 4.37. The predicted molar refractivity (Wildman–Crippen MR) is 102 cm³/mol. The Bertz CT molecular complexity index is 963. The van der Waals surface area contributed by atoms with Crippen molar-refractivity contribution < 1.29 is 24.1 Å². The van der Waals surface area contributed by atoms with E-state index in [9.17, 15) is 9.90 Å². The summed E-state index contributed by atoms with van der Waals surface area (Å²) in [4.78, 5) is 12.0. The Labute approximate surface area is 164 Å². The van der Waals surface area contributed by atoms with Crippen LogP contribution in [-0.2, 0) is 10.5 Å². The number of esters is 1. The summed E-state index contributed by atoms with van der Waals surface area (Å²) >= 11 is 3.24. The van der Waals surface area contributed by atoms with Crippen LogP contribution < -0.4 is 9.47 Å². The Morgan fingerprint density at radius 3 is 2.07 bits per heavy atom. The van der Waals surface area contributed by atoms with E-state index in [0.717, 1.165) is 11.1 Å². The van der Waals surface area contributed by atoms with Crippen LogP contribution in [0.5, 0.6) is 17.2 Å². The van der Waals surface area contributed by atoms with E-state index in [-0.39, 0.29) is 27.3 Å². The van der Waals surface area contributed by atoms with E-state index in [1.807, 2.05) is 60.7 Å². The lowest BCUT2D eigenvalue weighted by Gasteiger charge is -2.28. The van der Waals surface area contributed by atoms with Gasteiger partial charge in [0.25, 0.3) is 0 Å². The van der Waals surface area contributed by atoms with Gasteiger partial charge in [0, 0.05) is 17.2 Å². The molecular formula is C21H15BrO5. The molecule has 0 spiro atoms. The molecule has 136 valence electrons. The third-order valence-corrected chi connectivity index (χ3v) is 5.17. The highest BCUT2D eigenvalue weighted by Gasteiger charge is 2.47. The molecule has 0 aromatic heterocycles. The van der Waals surface area contributed by atoms with Crippen molar-refractivity contribution in [3.63, 3.8) is 0 Å². The topological polar surface area (TPSA) is 65.0 Å². The Morgan fingerprint density at radius 1 is 1.00 bits per heavy atom. The van der Waals surface area contributed by atoms with Gasteiger partial charge < -0.3 is 19.3 Å². The molecule has 0 radical (unpaired) electrons. The summed E-state index contributed by atoms with van der Waals surface area (Å²) in [6, 6.07) is 20.3. The molecule has 0 bridgehead atoms. The Morgan fingerprint density at radius 2 is 1.56 bits per heavy atom. The highest BCUT2D eigenvalue weighted by Crippen LogP contribution is 2.54. The Kier molecular flexibility index (Phi) is 4.28. The molecule has 1 N–H and O–H groups in total. The zero-order chi connectivity index (χ0) is 19.0. The second-order valence-electron chi connectivity index (χ2n) is 5.96. The number of fused-ring (bicyclic) bond motifs is 1. The van der Waals surface area contributed by atoms with Crippen LogP contribution in [0.4, 0.5) is 0 Å². The molecule has 0 fully saturated rings. The summed E-state index contributed by atoms with van der Waals surface area (Å²) in [5, 5.41) is 10.6. The molecule has 6 heteroatoms. The standard InChI is InChI=1S/C21H15BrO5/c1-25-20(24)15-12-16-19(18(23)17(15)22)27-21(26-16,13-8-4-2-5-9-13)14-10-6-3-7-11-14/h2-12,23H,1H3. The largest absolute Gasteiger partial charge is 0.503 e. The number of rotatable bonds is 3. The zero-order valence-electron chi connectivity index (χ0n) is 14.3. The fourth-order valence-electron chi connectivity index (χ4n) is 3.07. The van der Waals surface area contributed by atoms with Gasteiger partial charge >= 0.3 is 11.8 Å². The van der Waals surface area contributed by atoms with E-state index in [1.165, 1.54) is 13.2 Å². The molecular weight excluding hydrogens is 412 g/mol. The average Bonchev–Trinajstić information content (AvgIpc) is 3.12. The van der Waals surface area contributed by atoms with Gasteiger partial charge in [-0.2, -0.15) is 0 Å². The summed E-state index contributed by atoms with van der Waals surface area (Å²) in [5.41, 5.74) is 1.65. The molecule has 0 aliphatic carbocycles. The normalized spacial score (nSPS) is 14.0. The SMILES string of the molecule is COC(=O)c1cc2c(c(O)c1Br)OC(c1ccccc1)(c1ccccc1)O2. The molecule has 0 saturated heterocycles. The number of carbonyl (C=O) groups excluding carboxylic acids is 1. The number of aromatic hydroxyl groups is 1. The minimum absolute atomic E-state index is 0.147. The Hall–Kier alpha value is -2.99. The van der Waals surface area contributed by atoms with Crippen LogP contribution in [0, 0.1) is 0 Å². The molecule has 27 heavy (non-hydrogen) atoms. The minimum Gasteiger partial charge on any atom is -0.503 e. The first-order valence-electron chi connectivity index (χ1n) is 8.19. The molecule has 1 aliphatic heterocycles. The first kappa shape index (κ1) is 17.4. The maximum atomic E-state index is 12.0. The van der Waals surface area contributed by atoms with E-state index in [2.05, 4.69) is 15.9 Å². The molecule has 5 nitrogen and oxygen atoms in total. The second kappa shape index (κ2) is 6.63. The van der Waals surface area contributed by atoms with Gasteiger partial charge in [0.05, 0.1) is 17.1 Å². The van der Waals surface area contributed by atoms with Gasteiger partial charge in [-0.05, 0) is 15.9 Å². The van der Waals surface area contributed by atoms with Crippen molar-refractivity contribution >= 4 is 21.9 Å². The van der Waals surface area contributed by atoms with Gasteiger partial charge in [0.15, 0.2) is 11.5 Å². The third kappa shape index (κ3) is 2.73. The quantitative estimate of drug-likeness (QED) is 0.619. The highest BCUT2D eigenvalue weighted by molar-refractivity contribution is 9.10. The van der Waals surface area contributed by atoms with Crippen LogP contribution in [0.2, 0.25) is 0 Å². The van der Waals surface area contributed by atoms with E-state index >= 15 is 0 Å². The van der Waals surface area contributed by atoms with E-state index in [1.54, 1.807) is 0 Å². The number of ether oxygens (including phenoxy) is 3. The van der Waals surface area contributed by atoms with Crippen molar-refractivity contribution in [3.05, 3.63) is 87.9 Å². The predicted octanol–water partition coefficient (Wildman–Crippen LogP) is 4.61. The first-order valence-corrected chi connectivity index (χ1v) is 8.99. The smallest absolute Gasteiger partial charge is 0.339 e. The van der Waals surface area contributed by atoms with Gasteiger partial charge in [-0.1, -0.05) is 60.7 Å². The number of benzene rings is 3. The summed E-state index contributed by atoms with van der Waals surface area (Å²) in [7, 11) is 1.27. The Balaban J connectivity index is 1.91. The summed E-state index contributed by atoms with van der Waals surface area (Å²) in [6.45, 7) is 0. The molecule has 0 atom stereocenters. The highest BCUT2D eigenvalue weighted by atomic mass is 79.9. The van der Waals surface area contributed by atoms with Crippen molar-refractivity contribution in [2.24, 2.45) is 0 Å². The van der Waals surface area contributed by atoms with Crippen LogP contribution in [0.15, 0.2) is 71.2 Å². The van der Waals surface area contributed by atoms with Crippen molar-refractivity contribution in [2.45, 2.75) is 5.79 Å². The minimum atomic E-state index is -1.28. The van der Waals surface area contributed by atoms with Crippen LogP contribution in [-0.4, -0.2) is 18.2 Å². The zero-order valence-corrected chi connectivity index (χ0v) is 15.9. The lowest BCUT2D eigenvalue weighted by Crippen LogP contribution is -2.36. The first-order chi connectivity index (χ1) is 13.1. The number of phenolic OH excluding ortho intramolecular Hbond substituents is 1. The van der Waals surface area contributed by atoms with Crippen LogP contribution in [0.25, 0.3) is 0 Å². The maximum absolute atomic E-state index is 12.0. The molecule has 3 aromatic rings. The van der Waals surface area contributed by atoms with Crippen molar-refractivity contribution in [2.75, 3.05) is 7.11 Å². The van der Waals surface area contributed by atoms with Gasteiger partial charge in [-0.25, -0.2) is 4.79 Å². The van der Waals surface area contributed by atoms with Gasteiger partial charge in [-0.3, -0.25) is 0 Å². The monoisotopic (exact) mass is 426 g/mol. The van der Waals surface area contributed by atoms with Gasteiger partial charge in [0.1, 0.15) is 0 Å². The fourth-order valence-corrected chi connectivity index (χ4v) is 3.53. The molecule has 0 saturated carbocycles. The lowest BCUT2D eigenvalue weighted by molar-refractivity contribution is -0.0467. The summed E-state index contributed by atoms with van der Waals surface area (Å²) < 4.78 is 17.4. The van der Waals surface area contributed by atoms with Crippen LogP contribution >= 0.6 is 15.9 Å². The molecule has 1 aliphatic rings. The van der Waals surface area contributed by atoms with Crippen molar-refractivity contribution in [1.29, 1.82) is 0 Å². The number of halogens is 1. The van der Waals surface area contributed by atoms with E-state index in [4.69, 9.17) is 14.2 Å². The number of hydrogen-bond donors (Lipinski definition) is 1. The summed E-state index contributed by atoms with van der Waals surface area (Å²) in [5.74, 6) is -1.69. The van der Waals surface area contributed by atoms with Crippen molar-refractivity contribution in [1.82, 2.24) is 0 Å². The average molecular weight is 427 g/mol.